The van der Waals surface area contributed by atoms with E-state index in [4.69, 9.17) is 5.73 Å². The topological polar surface area (TPSA) is 182 Å². The number of nitrogens with two attached hydrogens (primary N) is 1. The molecule has 0 fully saturated rings. The first-order valence-corrected chi connectivity index (χ1v) is 16.9. The number of aliphatic hydroxyl groups excluding tert-OH is 3. The molecule has 4 rings (SSSR count). The summed E-state index contributed by atoms with van der Waals surface area (Å²) < 4.78 is 5.98. The SMILES string of the molecule is C[C@@H]1C[C@H](O)I2(O)(C(=O)C=C(O)c3c1ccc(-c1ccccc1)c3O)C(=O)C(C(N)=O)=C(O)[C@H]2N(C)C. The summed E-state index contributed by atoms with van der Waals surface area (Å²) in [6, 6.07) is 12.1. The van der Waals surface area contributed by atoms with E-state index in [-0.39, 0.29) is 17.7 Å². The molecule has 1 spiro atoms. The van der Waals surface area contributed by atoms with Crippen LogP contribution in [0, 0.1) is 0 Å². The zero-order valence-electron chi connectivity index (χ0n) is 20.4. The molecule has 2 aromatic carbocycles. The van der Waals surface area contributed by atoms with E-state index < -0.39 is 62.1 Å². The Morgan fingerprint density at radius 2 is 1.68 bits per heavy atom. The Morgan fingerprint density at radius 3 is 2.24 bits per heavy atom. The van der Waals surface area contributed by atoms with Crippen molar-refractivity contribution in [2.24, 2.45) is 5.73 Å². The van der Waals surface area contributed by atoms with Gasteiger partial charge in [0, 0.05) is 0 Å². The molecule has 3 atom stereocenters. The van der Waals surface area contributed by atoms with Crippen molar-refractivity contribution in [3.8, 4) is 16.9 Å². The molecule has 0 radical (unpaired) electrons. The van der Waals surface area contributed by atoms with Crippen molar-refractivity contribution in [1.29, 1.82) is 0 Å². The predicted molar refractivity (Wildman–Crippen MR) is 146 cm³/mol. The third-order valence-electron chi connectivity index (χ3n) is 6.94. The number of hydrogen-bond donors (Lipinski definition) is 6. The van der Waals surface area contributed by atoms with Crippen LogP contribution in [0.3, 0.4) is 0 Å². The van der Waals surface area contributed by atoms with Gasteiger partial charge in [0.05, 0.1) is 0 Å². The first-order chi connectivity index (χ1) is 17.3. The summed E-state index contributed by atoms with van der Waals surface area (Å²) in [6.45, 7) is 1.64. The van der Waals surface area contributed by atoms with E-state index in [1.165, 1.54) is 19.0 Å². The summed E-state index contributed by atoms with van der Waals surface area (Å²) in [7, 11) is 2.74. The molecule has 0 aliphatic carbocycles. The van der Waals surface area contributed by atoms with Gasteiger partial charge in [0.1, 0.15) is 0 Å². The zero-order valence-corrected chi connectivity index (χ0v) is 22.6. The van der Waals surface area contributed by atoms with Gasteiger partial charge >= 0.3 is 215 Å². The van der Waals surface area contributed by atoms with Crippen molar-refractivity contribution in [1.82, 2.24) is 4.90 Å². The van der Waals surface area contributed by atoms with Crippen LogP contribution in [0.5, 0.6) is 5.75 Å². The number of alkyl halides is 2. The Morgan fingerprint density at radius 1 is 1.05 bits per heavy atom. The number of halogens is 1. The molecule has 0 saturated heterocycles. The van der Waals surface area contributed by atoms with Gasteiger partial charge in [0.25, 0.3) is 0 Å². The van der Waals surface area contributed by atoms with Crippen molar-refractivity contribution in [3.63, 3.8) is 0 Å². The summed E-state index contributed by atoms with van der Waals surface area (Å²) in [5, 5.41) is 44.7. The fraction of sp³-hybridized carbons (Fsp3) is 0.269. The van der Waals surface area contributed by atoms with Gasteiger partial charge in [-0.1, -0.05) is 0 Å². The number of primary amides is 1. The maximum absolute atomic E-state index is 13.9. The van der Waals surface area contributed by atoms with Gasteiger partial charge in [-0.2, -0.15) is 0 Å². The molecule has 2 aromatic rings. The van der Waals surface area contributed by atoms with Crippen LogP contribution in [-0.2, 0) is 14.4 Å². The minimum absolute atomic E-state index is 0.0868. The van der Waals surface area contributed by atoms with Gasteiger partial charge in [-0.15, -0.1) is 0 Å². The summed E-state index contributed by atoms with van der Waals surface area (Å²) in [4.78, 5) is 40.9. The van der Waals surface area contributed by atoms with Crippen molar-refractivity contribution < 1.29 is 38.2 Å². The third kappa shape index (κ3) is 3.52. The van der Waals surface area contributed by atoms with Gasteiger partial charge in [0.2, 0.25) is 0 Å². The Labute approximate surface area is 214 Å². The quantitative estimate of drug-likeness (QED) is 0.0983. The average Bonchev–Trinajstić information content (AvgIpc) is 3.03. The molecular formula is C26H29IN2O8. The standard InChI is InChI=1S/C26H29IN2O8/c1-13-11-18(31)27(37,24(29(2)3)23(34)21(25(27)35)26(28)36)19(32)12-17(30)20-15(13)9-10-16(22(20)33)14-7-5-4-6-8-14/h4-10,12-13,18,24,30-31,33-34,37H,11H2,1-3H3,(H2,28,36)/t13-,18+,24-/m1/s1. The first kappa shape index (κ1) is 26.8. The minimum atomic E-state index is -6.77. The summed E-state index contributed by atoms with van der Waals surface area (Å²) in [6.07, 6.45) is 0.263. The van der Waals surface area contributed by atoms with Crippen LogP contribution >= 0.6 is 17.5 Å². The van der Waals surface area contributed by atoms with Gasteiger partial charge in [0.15, 0.2) is 0 Å². The van der Waals surface area contributed by atoms with Crippen LogP contribution in [-0.4, -0.2) is 64.5 Å². The van der Waals surface area contributed by atoms with Crippen LogP contribution < -0.4 is 5.73 Å². The van der Waals surface area contributed by atoms with E-state index in [9.17, 15) is 38.2 Å². The number of phenolic OH excluding ortho intramolecular Hbond substituents is 1. The van der Waals surface area contributed by atoms with Crippen molar-refractivity contribution in [3.05, 3.63) is 71.0 Å². The molecule has 198 valence electrons. The third-order valence-corrected chi connectivity index (χ3v) is 19.6. The molecular weight excluding hydrogens is 595 g/mol. The molecule has 2 heterocycles. The molecule has 37 heavy (non-hydrogen) atoms. The van der Waals surface area contributed by atoms with Crippen molar-refractivity contribution in [2.45, 2.75) is 27.4 Å². The van der Waals surface area contributed by atoms with E-state index in [0.717, 1.165) is 0 Å². The second-order valence-electron chi connectivity index (χ2n) is 9.42. The molecule has 7 N–H and O–H groups in total. The molecule has 1 amide bonds. The van der Waals surface area contributed by atoms with E-state index >= 15 is 0 Å². The molecule has 0 aromatic heterocycles. The summed E-state index contributed by atoms with van der Waals surface area (Å²) in [5.41, 5.74) is 5.67. The van der Waals surface area contributed by atoms with Crippen LogP contribution in [0.25, 0.3) is 16.9 Å². The van der Waals surface area contributed by atoms with Crippen LogP contribution in [0.1, 0.15) is 30.4 Å². The number of hydrogen-bond acceptors (Lipinski definition) is 9. The van der Waals surface area contributed by atoms with Crippen LogP contribution in [0.2, 0.25) is 0 Å². The van der Waals surface area contributed by atoms with E-state index in [2.05, 4.69) is 0 Å². The number of carbonyl (C=O) groups excluding carboxylic acids is 3. The van der Waals surface area contributed by atoms with Crippen LogP contribution in [0.15, 0.2) is 59.9 Å². The Balaban J connectivity index is 2.02. The first-order valence-electron chi connectivity index (χ1n) is 11.3. The Bertz CT molecular complexity index is 1400. The number of fused-ring (bicyclic) bond motifs is 1. The molecule has 0 saturated carbocycles. The summed E-state index contributed by atoms with van der Waals surface area (Å²) in [5.74, 6) is -3.99. The molecule has 2 aliphatic rings. The second-order valence-corrected chi connectivity index (χ2v) is 19.9. The fourth-order valence-electron chi connectivity index (χ4n) is 5.18. The van der Waals surface area contributed by atoms with Gasteiger partial charge in [-0.05, 0) is 0 Å². The number of benzene rings is 2. The predicted octanol–water partition coefficient (Wildman–Crippen LogP) is 2.52. The molecule has 11 heteroatoms. The number of phenols is 1. The number of nitrogens with zero attached hydrogens (tertiary/aromatic N) is 1. The molecule has 0 bridgehead atoms. The number of amides is 1. The zero-order chi connectivity index (χ0) is 27.5. The Hall–Kier alpha value is -3.26. The molecule has 2 aliphatic heterocycles. The van der Waals surface area contributed by atoms with Crippen molar-refractivity contribution in [2.75, 3.05) is 14.1 Å². The number of rotatable bonds is 3. The van der Waals surface area contributed by atoms with Crippen molar-refractivity contribution >= 4 is 36.7 Å². The molecule has 10 nitrogen and oxygen atoms in total. The van der Waals surface area contributed by atoms with E-state index in [0.29, 0.717) is 22.8 Å². The van der Waals surface area contributed by atoms with E-state index in [1.807, 2.05) is 0 Å². The summed E-state index contributed by atoms with van der Waals surface area (Å²) >= 11 is -6.77. The van der Waals surface area contributed by atoms with Crippen LogP contribution in [0.4, 0.5) is 0 Å². The number of likely N-dealkylation sites (N-methyl/N-ethyl adjacent to an activating group) is 1. The number of allylic oxidation sites excluding steroid dienone is 1. The normalized spacial score (nSPS) is 26.1. The number of aliphatic hydroxyl groups is 3. The fourth-order valence-corrected chi connectivity index (χ4v) is 17.1. The average molecular weight is 624 g/mol. The van der Waals surface area contributed by atoms with E-state index in [1.54, 1.807) is 49.4 Å². The molecule has 0 unspecified atom stereocenters. The number of carbonyl (C=O) groups is 3. The van der Waals surface area contributed by atoms with Gasteiger partial charge < -0.3 is 0 Å². The Kier molecular flexibility index (Phi) is 6.47. The monoisotopic (exact) mass is 624 g/mol. The second kappa shape index (κ2) is 8.94. The number of aromatic hydroxyl groups is 1. The maximum atomic E-state index is 13.9. The van der Waals surface area contributed by atoms with Gasteiger partial charge in [-0.25, -0.2) is 0 Å². The van der Waals surface area contributed by atoms with Gasteiger partial charge in [-0.3, -0.25) is 0 Å².